The van der Waals surface area contributed by atoms with Gasteiger partial charge in [0.2, 0.25) is 11.8 Å². The quantitative estimate of drug-likeness (QED) is 0.0447. The van der Waals surface area contributed by atoms with Crippen LogP contribution in [0.4, 0.5) is 0 Å². The summed E-state index contributed by atoms with van der Waals surface area (Å²) in [5, 5.41) is 91.4. The molecular weight excluding hydrogens is 780 g/mol. The second-order valence-electron chi connectivity index (χ2n) is 15.6. The summed E-state index contributed by atoms with van der Waals surface area (Å²) in [6, 6.07) is -2.01. The van der Waals surface area contributed by atoms with E-state index in [9.17, 15) is 60.0 Å². The number of amides is 2. The van der Waals surface area contributed by atoms with Crippen molar-refractivity contribution in [2.75, 3.05) is 6.61 Å². The fraction of sp³-hybridized carbons (Fsp3) is 0.795. The number of nitrogens with one attached hydrogen (secondary N) is 3. The van der Waals surface area contributed by atoms with Crippen molar-refractivity contribution in [1.82, 2.24) is 20.2 Å². The van der Waals surface area contributed by atoms with Gasteiger partial charge in [0.1, 0.15) is 60.9 Å². The minimum absolute atomic E-state index is 0.597. The van der Waals surface area contributed by atoms with Gasteiger partial charge in [0.05, 0.1) is 18.8 Å². The topological polar surface area (TPSA) is 312 Å². The number of allylic oxidation sites excluding steroid dienone is 1. The van der Waals surface area contributed by atoms with Crippen molar-refractivity contribution in [3.8, 4) is 0 Å². The van der Waals surface area contributed by atoms with Gasteiger partial charge >= 0.3 is 5.69 Å². The third-order valence-corrected chi connectivity index (χ3v) is 11.0. The molecule has 0 aliphatic carbocycles. The van der Waals surface area contributed by atoms with E-state index in [1.54, 1.807) is 6.08 Å². The highest BCUT2D eigenvalue weighted by molar-refractivity contribution is 5.87. The molecule has 4 rings (SSSR count). The summed E-state index contributed by atoms with van der Waals surface area (Å²) in [5.74, 6) is -1.35. The molecule has 336 valence electrons. The van der Waals surface area contributed by atoms with Gasteiger partial charge in [-0.25, -0.2) is 4.79 Å². The number of ether oxygens (including phenoxy) is 4. The van der Waals surface area contributed by atoms with Crippen LogP contribution in [0.5, 0.6) is 0 Å². The van der Waals surface area contributed by atoms with E-state index >= 15 is 0 Å². The molecule has 0 saturated carbocycles. The Bertz CT molecular complexity index is 1590. The number of hydrogen-bond acceptors (Lipinski definition) is 16. The van der Waals surface area contributed by atoms with Crippen molar-refractivity contribution in [3.63, 3.8) is 0 Å². The number of H-pyrrole nitrogens is 1. The highest BCUT2D eigenvalue weighted by Crippen LogP contribution is 2.34. The second-order valence-corrected chi connectivity index (χ2v) is 15.6. The number of nitrogens with zero attached hydrogens (tertiary/aromatic N) is 1. The molecule has 0 aromatic carbocycles. The maximum Gasteiger partial charge on any atom is 0.330 e. The van der Waals surface area contributed by atoms with Crippen LogP contribution < -0.4 is 21.9 Å². The maximum atomic E-state index is 13.1. The molecule has 20 nitrogen and oxygen atoms in total. The van der Waals surface area contributed by atoms with Crippen molar-refractivity contribution < 1.29 is 69.4 Å². The van der Waals surface area contributed by atoms with Gasteiger partial charge in [-0.2, -0.15) is 0 Å². The summed E-state index contributed by atoms with van der Waals surface area (Å²) in [7, 11) is 0. The molecule has 4 heterocycles. The Balaban J connectivity index is 1.44. The van der Waals surface area contributed by atoms with Gasteiger partial charge in [-0.1, -0.05) is 77.2 Å². The minimum Gasteiger partial charge on any atom is -0.394 e. The van der Waals surface area contributed by atoms with Crippen LogP contribution in [0.15, 0.2) is 34.0 Å². The van der Waals surface area contributed by atoms with Crippen LogP contribution in [0.25, 0.3) is 0 Å². The van der Waals surface area contributed by atoms with Crippen LogP contribution in [0.2, 0.25) is 0 Å². The molecule has 20 heteroatoms. The third kappa shape index (κ3) is 13.4. The highest BCUT2D eigenvalue weighted by Gasteiger charge is 2.53. The van der Waals surface area contributed by atoms with E-state index in [0.717, 1.165) is 49.4 Å². The third-order valence-electron chi connectivity index (χ3n) is 11.0. The zero-order chi connectivity index (χ0) is 43.2. The minimum atomic E-state index is -1.85. The summed E-state index contributed by atoms with van der Waals surface area (Å²) in [5.41, 5.74) is -1.68. The Morgan fingerprint density at radius 2 is 1.36 bits per heavy atom. The molecule has 15 unspecified atom stereocenters. The lowest BCUT2D eigenvalue weighted by molar-refractivity contribution is -0.346. The van der Waals surface area contributed by atoms with Gasteiger partial charge in [-0.15, -0.1) is 0 Å². The molecule has 2 amide bonds. The van der Waals surface area contributed by atoms with Crippen LogP contribution in [-0.4, -0.2) is 155 Å². The van der Waals surface area contributed by atoms with Crippen molar-refractivity contribution in [2.24, 2.45) is 0 Å². The van der Waals surface area contributed by atoms with E-state index in [-0.39, 0.29) is 0 Å². The number of aromatic nitrogens is 2. The Kier molecular flexibility index (Phi) is 19.6. The van der Waals surface area contributed by atoms with Crippen LogP contribution in [0.1, 0.15) is 104 Å². The standard InChI is InChI=1S/C39H64N4O16/c1-3-4-5-6-7-8-9-10-11-12-13-14-15-16-25(47)41-28-32(52)29(49)23(56-38(28)59-37-27(40-21(2)45)31(51)30(50)24(20-44)57-37)19-22(46)35-33(53)34(54)36(58-35)43-18-17-26(48)42-39(43)55/h15-18,22-24,27-38,44,46,49-54H,3-14,19-20H2,1-2H3,(H,40,45)(H,41,47)(H,42,48,55)/b16-15+. The van der Waals surface area contributed by atoms with Crippen molar-refractivity contribution in [2.45, 2.75) is 189 Å². The summed E-state index contributed by atoms with van der Waals surface area (Å²) in [4.78, 5) is 51.1. The predicted molar refractivity (Wildman–Crippen MR) is 207 cm³/mol. The molecule has 1 aromatic heterocycles. The molecule has 11 N–H and O–H groups in total. The fourth-order valence-electron chi connectivity index (χ4n) is 7.68. The summed E-state index contributed by atoms with van der Waals surface area (Å²) < 4.78 is 24.1. The smallest absolute Gasteiger partial charge is 0.330 e. The van der Waals surface area contributed by atoms with Gasteiger partial charge in [0.15, 0.2) is 18.8 Å². The lowest BCUT2D eigenvalue weighted by Gasteiger charge is -2.47. The molecule has 3 aliphatic rings. The van der Waals surface area contributed by atoms with Crippen LogP contribution in [0.3, 0.4) is 0 Å². The Hall–Kier alpha value is -3.12. The van der Waals surface area contributed by atoms with Gasteiger partial charge in [-0.3, -0.25) is 23.9 Å². The Morgan fingerprint density at radius 1 is 0.797 bits per heavy atom. The molecule has 0 bridgehead atoms. The SMILES string of the molecule is CCCCCCCCCCCCC/C=C/C(=O)NC1C(OC2OC(CO)C(O)C(O)C2NC(C)=O)OC(CC(O)C2OC(n3ccc(=O)[nH]c3=O)C(O)C2O)C(O)C1O. The predicted octanol–water partition coefficient (Wildman–Crippen LogP) is -1.94. The lowest BCUT2D eigenvalue weighted by Crippen LogP contribution is -2.68. The molecule has 15 atom stereocenters. The number of hydrogen-bond donors (Lipinski definition) is 11. The number of aliphatic hydroxyl groups is 8. The summed E-state index contributed by atoms with van der Waals surface area (Å²) >= 11 is 0. The average molecular weight is 845 g/mol. The van der Waals surface area contributed by atoms with Crippen molar-refractivity contribution in [1.29, 1.82) is 0 Å². The zero-order valence-corrected chi connectivity index (χ0v) is 33.7. The zero-order valence-electron chi connectivity index (χ0n) is 33.7. The number of aliphatic hydroxyl groups excluding tert-OH is 8. The largest absolute Gasteiger partial charge is 0.394 e. The van der Waals surface area contributed by atoms with Gasteiger partial charge in [0, 0.05) is 25.6 Å². The first kappa shape index (κ1) is 48.5. The average Bonchev–Trinajstić information content (AvgIpc) is 3.49. The van der Waals surface area contributed by atoms with Gasteiger partial charge < -0.3 is 70.4 Å². The monoisotopic (exact) mass is 844 g/mol. The second kappa shape index (κ2) is 23.8. The Labute approximate surface area is 342 Å². The molecule has 1 aromatic rings. The van der Waals surface area contributed by atoms with E-state index in [4.69, 9.17) is 18.9 Å². The Morgan fingerprint density at radius 3 is 1.93 bits per heavy atom. The van der Waals surface area contributed by atoms with Gasteiger partial charge in [-0.05, 0) is 18.9 Å². The number of unbranched alkanes of at least 4 members (excludes halogenated alkanes) is 11. The highest BCUT2D eigenvalue weighted by atomic mass is 16.8. The van der Waals surface area contributed by atoms with Crippen LogP contribution in [-0.2, 0) is 28.5 Å². The van der Waals surface area contributed by atoms with Crippen molar-refractivity contribution in [3.05, 3.63) is 45.3 Å². The number of aromatic amines is 1. The summed E-state index contributed by atoms with van der Waals surface area (Å²) in [6.45, 7) is 2.55. The number of carbonyl (C=O) groups is 2. The first-order chi connectivity index (χ1) is 28.2. The lowest BCUT2D eigenvalue weighted by atomic mass is 9.91. The maximum absolute atomic E-state index is 13.1. The molecule has 59 heavy (non-hydrogen) atoms. The van der Waals surface area contributed by atoms with E-state index < -0.39 is 128 Å². The fourth-order valence-corrected chi connectivity index (χ4v) is 7.68. The molecule has 3 aliphatic heterocycles. The molecule has 0 radical (unpaired) electrons. The first-order valence-corrected chi connectivity index (χ1v) is 20.7. The van der Waals surface area contributed by atoms with E-state index in [2.05, 4.69) is 17.6 Å². The van der Waals surface area contributed by atoms with Gasteiger partial charge in [0.25, 0.3) is 5.56 Å². The van der Waals surface area contributed by atoms with E-state index in [1.165, 1.54) is 51.0 Å². The van der Waals surface area contributed by atoms with Crippen LogP contribution >= 0.6 is 0 Å². The molecular formula is C39H64N4O16. The number of rotatable bonds is 22. The normalized spacial score (nSPS) is 34.2. The molecule has 0 spiro atoms. The number of carbonyl (C=O) groups excluding carboxylic acids is 2. The first-order valence-electron chi connectivity index (χ1n) is 20.7. The van der Waals surface area contributed by atoms with Crippen LogP contribution in [0, 0.1) is 0 Å². The van der Waals surface area contributed by atoms with E-state index in [1.807, 2.05) is 4.98 Å². The molecule has 3 saturated heterocycles. The van der Waals surface area contributed by atoms with Crippen molar-refractivity contribution >= 4 is 11.8 Å². The molecule has 3 fully saturated rings. The summed E-state index contributed by atoms with van der Waals surface area (Å²) in [6.07, 6.45) is -5.00. The van der Waals surface area contributed by atoms with E-state index in [0.29, 0.717) is 6.42 Å².